The number of pyridine rings is 1. The van der Waals surface area contributed by atoms with Crippen LogP contribution in [0.2, 0.25) is 0 Å². The lowest BCUT2D eigenvalue weighted by molar-refractivity contribution is -0.121. The largest absolute Gasteiger partial charge is 0.368 e. The first-order valence-corrected chi connectivity index (χ1v) is 5.28. The molecular formula is C11H15N5O. The van der Waals surface area contributed by atoms with Crippen molar-refractivity contribution in [2.45, 2.75) is 26.3 Å². The summed E-state index contributed by atoms with van der Waals surface area (Å²) in [7, 11) is 0. The van der Waals surface area contributed by atoms with Crippen LogP contribution in [0, 0.1) is 6.92 Å². The Morgan fingerprint density at radius 3 is 2.82 bits per heavy atom. The summed E-state index contributed by atoms with van der Waals surface area (Å²) in [5, 5.41) is 7.17. The first-order chi connectivity index (χ1) is 7.90. The Hall–Kier alpha value is -2.11. The number of aromatic nitrogens is 3. The predicted molar refractivity (Wildman–Crippen MR) is 64.6 cm³/mol. The average Bonchev–Trinajstić information content (AvgIpc) is 2.64. The molecule has 0 radical (unpaired) electrons. The molecule has 0 bridgehead atoms. The molecule has 6 heteroatoms. The van der Waals surface area contributed by atoms with Gasteiger partial charge in [-0.15, -0.1) is 0 Å². The van der Waals surface area contributed by atoms with Gasteiger partial charge in [0.25, 0.3) is 0 Å². The molecular weight excluding hydrogens is 218 g/mol. The van der Waals surface area contributed by atoms with E-state index < -0.39 is 11.4 Å². The standard InChI is InChI=1S/C11H15N5O/c1-7-4-8-13-6-14-16(8)9(5-7)15-11(2,3)10(12)17/h4-6,15H,1-3H3,(H2,12,17). The Bertz CT molecular complexity index is 572. The number of primary amides is 1. The van der Waals surface area contributed by atoms with E-state index in [0.717, 1.165) is 11.2 Å². The molecule has 2 rings (SSSR count). The fraction of sp³-hybridized carbons (Fsp3) is 0.364. The molecule has 0 aliphatic rings. The zero-order valence-corrected chi connectivity index (χ0v) is 10.1. The monoisotopic (exact) mass is 233 g/mol. The van der Waals surface area contributed by atoms with Gasteiger partial charge >= 0.3 is 0 Å². The molecule has 17 heavy (non-hydrogen) atoms. The van der Waals surface area contributed by atoms with Gasteiger partial charge in [-0.1, -0.05) is 0 Å². The topological polar surface area (TPSA) is 85.3 Å². The normalized spacial score (nSPS) is 11.7. The van der Waals surface area contributed by atoms with Crippen LogP contribution in [0.15, 0.2) is 18.5 Å². The highest BCUT2D eigenvalue weighted by atomic mass is 16.1. The van der Waals surface area contributed by atoms with E-state index >= 15 is 0 Å². The second-order valence-electron chi connectivity index (χ2n) is 4.56. The molecule has 0 spiro atoms. The number of anilines is 1. The first kappa shape index (κ1) is 11.4. The molecule has 2 aromatic heterocycles. The van der Waals surface area contributed by atoms with Crippen molar-refractivity contribution in [2.24, 2.45) is 5.73 Å². The van der Waals surface area contributed by atoms with Gasteiger partial charge in [0.1, 0.15) is 17.7 Å². The van der Waals surface area contributed by atoms with Crippen LogP contribution in [0.4, 0.5) is 5.82 Å². The molecule has 2 heterocycles. The Labute approximate surface area is 98.8 Å². The molecule has 3 N–H and O–H groups in total. The number of aryl methyl sites for hydroxylation is 1. The van der Waals surface area contributed by atoms with Crippen molar-refractivity contribution in [3.05, 3.63) is 24.0 Å². The second-order valence-corrected chi connectivity index (χ2v) is 4.56. The third-order valence-corrected chi connectivity index (χ3v) is 2.58. The number of nitrogens with zero attached hydrogens (tertiary/aromatic N) is 3. The summed E-state index contributed by atoms with van der Waals surface area (Å²) < 4.78 is 1.64. The molecule has 0 saturated carbocycles. The van der Waals surface area contributed by atoms with Crippen molar-refractivity contribution in [3.63, 3.8) is 0 Å². The van der Waals surface area contributed by atoms with Crippen LogP contribution in [0.3, 0.4) is 0 Å². The van der Waals surface area contributed by atoms with Crippen LogP contribution in [0.1, 0.15) is 19.4 Å². The summed E-state index contributed by atoms with van der Waals surface area (Å²) in [6.07, 6.45) is 1.47. The summed E-state index contributed by atoms with van der Waals surface area (Å²) in [5.41, 5.74) is 6.25. The minimum absolute atomic E-state index is 0.424. The van der Waals surface area contributed by atoms with Gasteiger partial charge in [-0.2, -0.15) is 9.61 Å². The highest BCUT2D eigenvalue weighted by Crippen LogP contribution is 2.17. The van der Waals surface area contributed by atoms with Gasteiger partial charge in [0.15, 0.2) is 5.65 Å². The van der Waals surface area contributed by atoms with E-state index in [0.29, 0.717) is 5.82 Å². The second kappa shape index (κ2) is 3.73. The first-order valence-electron chi connectivity index (χ1n) is 5.28. The quantitative estimate of drug-likeness (QED) is 0.817. The molecule has 6 nitrogen and oxygen atoms in total. The highest BCUT2D eigenvalue weighted by molar-refractivity contribution is 5.86. The number of hydrogen-bond donors (Lipinski definition) is 2. The van der Waals surface area contributed by atoms with Crippen LogP contribution in [0.5, 0.6) is 0 Å². The minimum Gasteiger partial charge on any atom is -0.368 e. The maximum Gasteiger partial charge on any atom is 0.242 e. The minimum atomic E-state index is -0.841. The summed E-state index contributed by atoms with van der Waals surface area (Å²) >= 11 is 0. The molecule has 0 unspecified atom stereocenters. The van der Waals surface area contributed by atoms with Crippen LogP contribution in [-0.2, 0) is 4.79 Å². The number of fused-ring (bicyclic) bond motifs is 1. The molecule has 0 atom stereocenters. The molecule has 2 aromatic rings. The zero-order valence-electron chi connectivity index (χ0n) is 10.1. The fourth-order valence-electron chi connectivity index (χ4n) is 1.53. The number of carbonyl (C=O) groups excluding carboxylic acids is 1. The number of hydrogen-bond acceptors (Lipinski definition) is 4. The van der Waals surface area contributed by atoms with Crippen LogP contribution < -0.4 is 11.1 Å². The maximum atomic E-state index is 11.3. The Morgan fingerprint density at radius 1 is 1.47 bits per heavy atom. The molecule has 90 valence electrons. The smallest absolute Gasteiger partial charge is 0.242 e. The van der Waals surface area contributed by atoms with E-state index in [2.05, 4.69) is 15.4 Å². The third-order valence-electron chi connectivity index (χ3n) is 2.58. The Balaban J connectivity index is 2.48. The number of nitrogens with one attached hydrogen (secondary N) is 1. The summed E-state index contributed by atoms with van der Waals surface area (Å²) in [5.74, 6) is 0.272. The van der Waals surface area contributed by atoms with Gasteiger partial charge in [0.05, 0.1) is 0 Å². The van der Waals surface area contributed by atoms with Crippen molar-refractivity contribution in [3.8, 4) is 0 Å². The van der Waals surface area contributed by atoms with Crippen molar-refractivity contribution < 1.29 is 4.79 Å². The zero-order chi connectivity index (χ0) is 12.6. The highest BCUT2D eigenvalue weighted by Gasteiger charge is 2.25. The van der Waals surface area contributed by atoms with Crippen molar-refractivity contribution in [2.75, 3.05) is 5.32 Å². The van der Waals surface area contributed by atoms with E-state index in [9.17, 15) is 4.79 Å². The lowest BCUT2D eigenvalue weighted by atomic mass is 10.1. The summed E-state index contributed by atoms with van der Waals surface area (Å²) in [6.45, 7) is 5.40. The van der Waals surface area contributed by atoms with Crippen molar-refractivity contribution in [1.29, 1.82) is 0 Å². The number of amides is 1. The predicted octanol–water partition coefficient (Wildman–Crippen LogP) is 0.714. The van der Waals surface area contributed by atoms with Gasteiger partial charge in [0.2, 0.25) is 5.91 Å². The van der Waals surface area contributed by atoms with Gasteiger partial charge in [-0.05, 0) is 38.5 Å². The molecule has 0 aromatic carbocycles. The summed E-state index contributed by atoms with van der Waals surface area (Å²) in [6, 6.07) is 3.81. The SMILES string of the molecule is Cc1cc(NC(C)(C)C(N)=O)n2ncnc2c1. The van der Waals surface area contributed by atoms with E-state index in [-0.39, 0.29) is 0 Å². The van der Waals surface area contributed by atoms with Crippen molar-refractivity contribution >= 4 is 17.4 Å². The lowest BCUT2D eigenvalue weighted by Crippen LogP contribution is -2.45. The number of nitrogens with two attached hydrogens (primary N) is 1. The van der Waals surface area contributed by atoms with Gasteiger partial charge in [-0.3, -0.25) is 4.79 Å². The Morgan fingerprint density at radius 2 is 2.18 bits per heavy atom. The molecule has 0 fully saturated rings. The average molecular weight is 233 g/mol. The maximum absolute atomic E-state index is 11.3. The van der Waals surface area contributed by atoms with E-state index in [1.54, 1.807) is 18.4 Å². The molecule has 0 aliphatic heterocycles. The van der Waals surface area contributed by atoms with E-state index in [4.69, 9.17) is 5.73 Å². The van der Waals surface area contributed by atoms with E-state index in [1.165, 1.54) is 6.33 Å². The molecule has 0 aliphatic carbocycles. The van der Waals surface area contributed by atoms with Crippen LogP contribution in [-0.4, -0.2) is 26.0 Å². The van der Waals surface area contributed by atoms with E-state index in [1.807, 2.05) is 19.1 Å². The van der Waals surface area contributed by atoms with Crippen LogP contribution in [0.25, 0.3) is 5.65 Å². The summed E-state index contributed by atoms with van der Waals surface area (Å²) in [4.78, 5) is 15.4. The lowest BCUT2D eigenvalue weighted by Gasteiger charge is -2.23. The van der Waals surface area contributed by atoms with Gasteiger partial charge in [0, 0.05) is 0 Å². The van der Waals surface area contributed by atoms with Gasteiger partial charge < -0.3 is 11.1 Å². The van der Waals surface area contributed by atoms with Gasteiger partial charge in [-0.25, -0.2) is 4.98 Å². The van der Waals surface area contributed by atoms with Crippen LogP contribution >= 0.6 is 0 Å². The molecule has 0 saturated heterocycles. The molecule has 1 amide bonds. The third kappa shape index (κ3) is 2.06. The number of rotatable bonds is 3. The fourth-order valence-corrected chi connectivity index (χ4v) is 1.53. The van der Waals surface area contributed by atoms with Crippen molar-refractivity contribution in [1.82, 2.24) is 14.6 Å². The Kier molecular flexibility index (Phi) is 2.49. The number of carbonyl (C=O) groups is 1.